The van der Waals surface area contributed by atoms with E-state index in [1.165, 1.54) is 0 Å². The average Bonchev–Trinajstić information content (AvgIpc) is 3.14. The third-order valence-electron chi connectivity index (χ3n) is 4.19. The van der Waals surface area contributed by atoms with E-state index in [2.05, 4.69) is 5.32 Å². The summed E-state index contributed by atoms with van der Waals surface area (Å²) in [4.78, 5) is 27.8. The molecule has 2 N–H and O–H groups in total. The maximum absolute atomic E-state index is 13.1. The highest BCUT2D eigenvalue weighted by atomic mass is 32.1. The number of carbonyl (C=O) groups excluding carboxylic acids is 2. The van der Waals surface area contributed by atoms with E-state index in [0.29, 0.717) is 24.2 Å². The van der Waals surface area contributed by atoms with Gasteiger partial charge in [-0.05, 0) is 36.1 Å². The number of carbonyl (C=O) groups is 2. The Morgan fingerprint density at radius 2 is 2.00 bits per heavy atom. The Bertz CT molecular complexity index is 724. The average molecular weight is 375 g/mol. The van der Waals surface area contributed by atoms with Gasteiger partial charge in [-0.2, -0.15) is 0 Å². The fraction of sp³-hybridized carbons (Fsp3) is 0.400. The molecule has 1 aromatic carbocycles. The van der Waals surface area contributed by atoms with Crippen molar-refractivity contribution in [3.63, 3.8) is 0 Å². The van der Waals surface area contributed by atoms with Gasteiger partial charge in [0.2, 0.25) is 5.91 Å². The monoisotopic (exact) mass is 374 g/mol. The molecule has 2 rings (SSSR count). The van der Waals surface area contributed by atoms with Crippen molar-refractivity contribution < 1.29 is 14.7 Å². The molecule has 0 spiro atoms. The molecule has 1 aromatic heterocycles. The van der Waals surface area contributed by atoms with Gasteiger partial charge in [0, 0.05) is 22.0 Å². The molecule has 26 heavy (non-hydrogen) atoms. The lowest BCUT2D eigenvalue weighted by Gasteiger charge is -2.30. The second-order valence-electron chi connectivity index (χ2n) is 6.48. The van der Waals surface area contributed by atoms with Crippen LogP contribution in [0.3, 0.4) is 0 Å². The third kappa shape index (κ3) is 5.16. The van der Waals surface area contributed by atoms with Crippen LogP contribution in [-0.2, 0) is 11.3 Å². The van der Waals surface area contributed by atoms with Crippen LogP contribution in [0.5, 0.6) is 0 Å². The summed E-state index contributed by atoms with van der Waals surface area (Å²) in [7, 11) is 0. The number of thiophene rings is 1. The van der Waals surface area contributed by atoms with Crippen LogP contribution in [0.25, 0.3) is 0 Å². The lowest BCUT2D eigenvalue weighted by molar-refractivity contribution is -0.118. The first-order valence-corrected chi connectivity index (χ1v) is 9.69. The van der Waals surface area contributed by atoms with Gasteiger partial charge < -0.3 is 15.3 Å². The molecule has 2 aromatic rings. The van der Waals surface area contributed by atoms with Crippen LogP contribution in [0.2, 0.25) is 0 Å². The van der Waals surface area contributed by atoms with E-state index in [0.717, 1.165) is 4.88 Å². The number of rotatable bonds is 8. The van der Waals surface area contributed by atoms with Crippen molar-refractivity contribution in [1.29, 1.82) is 0 Å². The molecule has 5 nitrogen and oxygen atoms in total. The number of aliphatic hydroxyl groups excluding tert-OH is 1. The first-order chi connectivity index (χ1) is 12.5. The van der Waals surface area contributed by atoms with Crippen molar-refractivity contribution in [3.05, 3.63) is 52.2 Å². The second kappa shape index (κ2) is 9.50. The zero-order valence-electron chi connectivity index (χ0n) is 15.4. The molecule has 0 bridgehead atoms. The Hall–Kier alpha value is -2.18. The number of nitrogens with zero attached hydrogens (tertiary/aromatic N) is 1. The van der Waals surface area contributed by atoms with E-state index in [1.54, 1.807) is 40.5 Å². The number of hydrogen-bond donors (Lipinski definition) is 2. The Balaban J connectivity index is 2.25. The lowest BCUT2D eigenvalue weighted by atomic mass is 10.1. The van der Waals surface area contributed by atoms with Crippen molar-refractivity contribution in [2.45, 2.75) is 39.8 Å². The number of hydrogen-bond acceptors (Lipinski definition) is 4. The standard InChI is InChI=1S/C20H26N2O3S/c1-4-17(13-23)22(12-18-9-6-10-26-18)20(25)15-7-5-8-16(11-15)21-19(24)14(2)3/h5-11,14,17,23H,4,12-13H2,1-3H3,(H,21,24)/t17-/m0/s1. The van der Waals surface area contributed by atoms with Gasteiger partial charge in [-0.15, -0.1) is 11.3 Å². The van der Waals surface area contributed by atoms with Crippen LogP contribution in [-0.4, -0.2) is 34.5 Å². The van der Waals surface area contributed by atoms with Gasteiger partial charge in [0.25, 0.3) is 5.91 Å². The summed E-state index contributed by atoms with van der Waals surface area (Å²) in [6.45, 7) is 5.96. The van der Waals surface area contributed by atoms with Crippen molar-refractivity contribution >= 4 is 28.8 Å². The van der Waals surface area contributed by atoms with Crippen LogP contribution >= 0.6 is 11.3 Å². The van der Waals surface area contributed by atoms with Gasteiger partial charge in [-0.3, -0.25) is 9.59 Å². The van der Waals surface area contributed by atoms with E-state index in [9.17, 15) is 14.7 Å². The van der Waals surface area contributed by atoms with Gasteiger partial charge in [0.1, 0.15) is 0 Å². The van der Waals surface area contributed by atoms with E-state index in [1.807, 2.05) is 38.3 Å². The minimum atomic E-state index is -0.251. The predicted molar refractivity (Wildman–Crippen MR) is 105 cm³/mol. The van der Waals surface area contributed by atoms with Crippen molar-refractivity contribution in [3.8, 4) is 0 Å². The quantitative estimate of drug-likeness (QED) is 0.739. The molecule has 0 saturated carbocycles. The maximum atomic E-state index is 13.1. The molecule has 1 atom stereocenters. The molecule has 0 saturated heterocycles. The van der Waals surface area contributed by atoms with Crippen LogP contribution in [0.15, 0.2) is 41.8 Å². The van der Waals surface area contributed by atoms with E-state index in [4.69, 9.17) is 0 Å². The molecule has 0 aliphatic rings. The van der Waals surface area contributed by atoms with Crippen molar-refractivity contribution in [1.82, 2.24) is 4.90 Å². The van der Waals surface area contributed by atoms with Crippen LogP contribution in [0.1, 0.15) is 42.4 Å². The highest BCUT2D eigenvalue weighted by molar-refractivity contribution is 7.09. The molecule has 0 fully saturated rings. The number of nitrogens with one attached hydrogen (secondary N) is 1. The number of benzene rings is 1. The largest absolute Gasteiger partial charge is 0.394 e. The summed E-state index contributed by atoms with van der Waals surface area (Å²) in [6.07, 6.45) is 0.664. The zero-order chi connectivity index (χ0) is 19.1. The van der Waals surface area contributed by atoms with Crippen LogP contribution < -0.4 is 5.32 Å². The topological polar surface area (TPSA) is 69.6 Å². The van der Waals surface area contributed by atoms with E-state index >= 15 is 0 Å². The predicted octanol–water partition coefficient (Wildman–Crippen LogP) is 3.76. The van der Waals surface area contributed by atoms with Crippen molar-refractivity contribution in [2.75, 3.05) is 11.9 Å². The van der Waals surface area contributed by atoms with E-state index < -0.39 is 0 Å². The molecule has 2 amide bonds. The molecule has 1 heterocycles. The van der Waals surface area contributed by atoms with Crippen LogP contribution in [0.4, 0.5) is 5.69 Å². The summed E-state index contributed by atoms with van der Waals surface area (Å²) in [6, 6.07) is 10.6. The van der Waals surface area contributed by atoms with E-state index in [-0.39, 0.29) is 30.4 Å². The molecule has 6 heteroatoms. The Morgan fingerprint density at radius 3 is 2.58 bits per heavy atom. The highest BCUT2D eigenvalue weighted by Crippen LogP contribution is 2.20. The number of aliphatic hydroxyl groups is 1. The van der Waals surface area contributed by atoms with Gasteiger partial charge >= 0.3 is 0 Å². The molecular formula is C20H26N2O3S. The molecule has 0 radical (unpaired) electrons. The molecule has 0 unspecified atom stereocenters. The summed E-state index contributed by atoms with van der Waals surface area (Å²) in [5, 5.41) is 14.5. The van der Waals surface area contributed by atoms with Crippen molar-refractivity contribution in [2.24, 2.45) is 5.92 Å². The normalized spacial score (nSPS) is 12.0. The Kier molecular flexibility index (Phi) is 7.36. The van der Waals surface area contributed by atoms with Gasteiger partial charge in [-0.25, -0.2) is 0 Å². The summed E-state index contributed by atoms with van der Waals surface area (Å²) in [5.41, 5.74) is 1.10. The first kappa shape index (κ1) is 20.1. The smallest absolute Gasteiger partial charge is 0.254 e. The Labute approximate surface area is 158 Å². The minimum absolute atomic E-state index is 0.0859. The summed E-state index contributed by atoms with van der Waals surface area (Å²) >= 11 is 1.58. The molecule has 140 valence electrons. The SMILES string of the molecule is CC[C@@H](CO)N(Cc1cccs1)C(=O)c1cccc(NC(=O)C(C)C)c1. The lowest BCUT2D eigenvalue weighted by Crippen LogP contribution is -2.41. The molecular weight excluding hydrogens is 348 g/mol. The fourth-order valence-corrected chi connectivity index (χ4v) is 3.27. The zero-order valence-corrected chi connectivity index (χ0v) is 16.3. The summed E-state index contributed by atoms with van der Waals surface area (Å²) in [5.74, 6) is -0.379. The van der Waals surface area contributed by atoms with Crippen LogP contribution in [0, 0.1) is 5.92 Å². The summed E-state index contributed by atoms with van der Waals surface area (Å²) < 4.78 is 0. The molecule has 0 aliphatic carbocycles. The number of anilines is 1. The molecule has 0 aliphatic heterocycles. The van der Waals surface area contributed by atoms with Gasteiger partial charge in [0.05, 0.1) is 19.2 Å². The second-order valence-corrected chi connectivity index (χ2v) is 7.51. The minimum Gasteiger partial charge on any atom is -0.394 e. The fourth-order valence-electron chi connectivity index (χ4n) is 2.57. The third-order valence-corrected chi connectivity index (χ3v) is 5.05. The maximum Gasteiger partial charge on any atom is 0.254 e. The first-order valence-electron chi connectivity index (χ1n) is 8.81. The Morgan fingerprint density at radius 1 is 1.23 bits per heavy atom. The highest BCUT2D eigenvalue weighted by Gasteiger charge is 2.24. The number of amides is 2. The van der Waals surface area contributed by atoms with Gasteiger partial charge in [-0.1, -0.05) is 32.9 Å². The van der Waals surface area contributed by atoms with Gasteiger partial charge in [0.15, 0.2) is 0 Å².